The number of hydrogen-bond donors (Lipinski definition) is 1. The molecule has 0 amide bonds. The number of aryl methyl sites for hydroxylation is 1. The van der Waals surface area contributed by atoms with Crippen LogP contribution in [0.2, 0.25) is 0 Å². The lowest BCUT2D eigenvalue weighted by atomic mass is 9.97. The maximum atomic E-state index is 4.34. The quantitative estimate of drug-likeness (QED) is 0.819. The van der Waals surface area contributed by atoms with Crippen LogP contribution in [-0.2, 0) is 6.42 Å². The van der Waals surface area contributed by atoms with Crippen molar-refractivity contribution in [2.75, 3.05) is 6.54 Å². The second-order valence-corrected chi connectivity index (χ2v) is 4.38. The van der Waals surface area contributed by atoms with E-state index in [-0.39, 0.29) is 0 Å². The SMILES string of the molecule is CCCc1cncc(C2CCCCN2)c1. The molecule has 1 N–H and O–H groups in total. The monoisotopic (exact) mass is 204 g/mol. The number of rotatable bonds is 3. The third-order valence-electron chi connectivity index (χ3n) is 3.07. The van der Waals surface area contributed by atoms with E-state index in [9.17, 15) is 0 Å². The second-order valence-electron chi connectivity index (χ2n) is 4.38. The molecule has 1 aromatic heterocycles. The Morgan fingerprint density at radius 1 is 1.40 bits per heavy atom. The van der Waals surface area contributed by atoms with Gasteiger partial charge in [0.2, 0.25) is 0 Å². The minimum Gasteiger partial charge on any atom is -0.310 e. The van der Waals surface area contributed by atoms with Crippen LogP contribution in [-0.4, -0.2) is 11.5 Å². The Bertz CT molecular complexity index is 303. The van der Waals surface area contributed by atoms with Crippen molar-refractivity contribution >= 4 is 0 Å². The van der Waals surface area contributed by atoms with Gasteiger partial charge in [0.1, 0.15) is 0 Å². The molecule has 1 unspecified atom stereocenters. The van der Waals surface area contributed by atoms with Crippen molar-refractivity contribution in [3.05, 3.63) is 29.6 Å². The van der Waals surface area contributed by atoms with E-state index in [2.05, 4.69) is 23.3 Å². The molecule has 0 spiro atoms. The van der Waals surface area contributed by atoms with Gasteiger partial charge in [0.05, 0.1) is 0 Å². The summed E-state index contributed by atoms with van der Waals surface area (Å²) in [6, 6.07) is 2.86. The van der Waals surface area contributed by atoms with Gasteiger partial charge >= 0.3 is 0 Å². The molecule has 2 rings (SSSR count). The third kappa shape index (κ3) is 2.78. The summed E-state index contributed by atoms with van der Waals surface area (Å²) in [7, 11) is 0. The highest BCUT2D eigenvalue weighted by atomic mass is 14.9. The summed E-state index contributed by atoms with van der Waals surface area (Å²) < 4.78 is 0. The first-order valence-corrected chi connectivity index (χ1v) is 6.07. The molecule has 82 valence electrons. The van der Waals surface area contributed by atoms with Gasteiger partial charge < -0.3 is 5.32 Å². The molecule has 0 bridgehead atoms. The average Bonchev–Trinajstić information content (AvgIpc) is 2.31. The van der Waals surface area contributed by atoms with Crippen LogP contribution in [0.25, 0.3) is 0 Å². The number of hydrogen-bond acceptors (Lipinski definition) is 2. The number of piperidine rings is 1. The molecule has 1 aliphatic rings. The predicted octanol–water partition coefficient (Wildman–Crippen LogP) is 2.85. The maximum absolute atomic E-state index is 4.34. The lowest BCUT2D eigenvalue weighted by molar-refractivity contribution is 0.411. The van der Waals surface area contributed by atoms with Crippen molar-refractivity contribution in [2.45, 2.75) is 45.1 Å². The average molecular weight is 204 g/mol. The first-order chi connectivity index (χ1) is 7.40. The van der Waals surface area contributed by atoms with Crippen molar-refractivity contribution in [3.63, 3.8) is 0 Å². The zero-order chi connectivity index (χ0) is 10.5. The van der Waals surface area contributed by atoms with Gasteiger partial charge in [0, 0.05) is 18.4 Å². The van der Waals surface area contributed by atoms with E-state index in [4.69, 9.17) is 0 Å². The van der Waals surface area contributed by atoms with Crippen molar-refractivity contribution in [1.82, 2.24) is 10.3 Å². The van der Waals surface area contributed by atoms with Crippen LogP contribution in [0.15, 0.2) is 18.5 Å². The third-order valence-corrected chi connectivity index (χ3v) is 3.07. The maximum Gasteiger partial charge on any atom is 0.0335 e. The van der Waals surface area contributed by atoms with Crippen molar-refractivity contribution in [1.29, 1.82) is 0 Å². The van der Waals surface area contributed by atoms with E-state index >= 15 is 0 Å². The Labute approximate surface area is 92.1 Å². The van der Waals surface area contributed by atoms with Gasteiger partial charge in [-0.1, -0.05) is 25.8 Å². The molecule has 2 nitrogen and oxygen atoms in total. The normalized spacial score (nSPS) is 21.5. The fourth-order valence-electron chi connectivity index (χ4n) is 2.26. The molecule has 2 heterocycles. The van der Waals surface area contributed by atoms with Gasteiger partial charge in [-0.05, 0) is 36.9 Å². The predicted molar refractivity (Wildman–Crippen MR) is 62.8 cm³/mol. The van der Waals surface area contributed by atoms with E-state index in [0.29, 0.717) is 6.04 Å². The molecule has 2 heteroatoms. The first-order valence-electron chi connectivity index (χ1n) is 6.07. The Kier molecular flexibility index (Phi) is 3.73. The van der Waals surface area contributed by atoms with Crippen molar-refractivity contribution in [3.8, 4) is 0 Å². The zero-order valence-electron chi connectivity index (χ0n) is 9.50. The van der Waals surface area contributed by atoms with Crippen LogP contribution in [0.5, 0.6) is 0 Å². The van der Waals surface area contributed by atoms with E-state index in [1.807, 2.05) is 12.4 Å². The second kappa shape index (κ2) is 5.26. The standard InChI is InChI=1S/C13H20N2/c1-2-5-11-8-12(10-14-9-11)13-6-3-4-7-15-13/h8-10,13,15H,2-7H2,1H3. The van der Waals surface area contributed by atoms with Crippen LogP contribution >= 0.6 is 0 Å². The van der Waals surface area contributed by atoms with E-state index in [0.717, 1.165) is 13.0 Å². The Hall–Kier alpha value is -0.890. The van der Waals surface area contributed by atoms with Crippen LogP contribution < -0.4 is 5.32 Å². The molecule has 15 heavy (non-hydrogen) atoms. The first kappa shape index (κ1) is 10.6. The minimum absolute atomic E-state index is 0.544. The summed E-state index contributed by atoms with van der Waals surface area (Å²) >= 11 is 0. The van der Waals surface area contributed by atoms with Gasteiger partial charge in [0.15, 0.2) is 0 Å². The van der Waals surface area contributed by atoms with E-state index < -0.39 is 0 Å². The van der Waals surface area contributed by atoms with Crippen molar-refractivity contribution in [2.24, 2.45) is 0 Å². The lowest BCUT2D eigenvalue weighted by Crippen LogP contribution is -2.26. The highest BCUT2D eigenvalue weighted by molar-refractivity contribution is 5.21. The highest BCUT2D eigenvalue weighted by Crippen LogP contribution is 2.22. The lowest BCUT2D eigenvalue weighted by Gasteiger charge is -2.23. The zero-order valence-corrected chi connectivity index (χ0v) is 9.50. The molecular formula is C13H20N2. The summed E-state index contributed by atoms with van der Waals surface area (Å²) in [6.45, 7) is 3.37. The molecular weight excluding hydrogens is 184 g/mol. The molecule has 1 aliphatic heterocycles. The Balaban J connectivity index is 2.09. The molecule has 1 fully saturated rings. The van der Waals surface area contributed by atoms with E-state index in [1.54, 1.807) is 0 Å². The topological polar surface area (TPSA) is 24.9 Å². The summed E-state index contributed by atoms with van der Waals surface area (Å²) in [5.74, 6) is 0. The van der Waals surface area contributed by atoms with Crippen LogP contribution in [0.3, 0.4) is 0 Å². The summed E-state index contributed by atoms with van der Waals surface area (Å²) in [5, 5.41) is 3.56. The molecule has 1 saturated heterocycles. The van der Waals surface area contributed by atoms with Crippen LogP contribution in [0.1, 0.15) is 49.8 Å². The fourth-order valence-corrected chi connectivity index (χ4v) is 2.26. The number of aromatic nitrogens is 1. The van der Waals surface area contributed by atoms with Crippen LogP contribution in [0.4, 0.5) is 0 Å². The Morgan fingerprint density at radius 3 is 3.07 bits per heavy atom. The molecule has 1 aromatic rings. The van der Waals surface area contributed by atoms with Crippen molar-refractivity contribution < 1.29 is 0 Å². The molecule has 0 aliphatic carbocycles. The Morgan fingerprint density at radius 2 is 2.33 bits per heavy atom. The molecule has 1 atom stereocenters. The molecule has 0 aromatic carbocycles. The highest BCUT2D eigenvalue weighted by Gasteiger charge is 2.14. The number of pyridine rings is 1. The van der Waals surface area contributed by atoms with Gasteiger partial charge in [-0.3, -0.25) is 4.98 Å². The number of nitrogens with zero attached hydrogens (tertiary/aromatic N) is 1. The fraction of sp³-hybridized carbons (Fsp3) is 0.615. The molecule has 0 saturated carbocycles. The minimum atomic E-state index is 0.544. The number of nitrogens with one attached hydrogen (secondary N) is 1. The summed E-state index contributed by atoms with van der Waals surface area (Å²) in [6.07, 6.45) is 10.3. The van der Waals surface area contributed by atoms with Gasteiger partial charge in [-0.15, -0.1) is 0 Å². The smallest absolute Gasteiger partial charge is 0.0335 e. The molecule has 0 radical (unpaired) electrons. The van der Waals surface area contributed by atoms with Crippen LogP contribution in [0, 0.1) is 0 Å². The van der Waals surface area contributed by atoms with E-state index in [1.165, 1.54) is 36.8 Å². The summed E-state index contributed by atoms with van der Waals surface area (Å²) in [4.78, 5) is 4.34. The van der Waals surface area contributed by atoms with Gasteiger partial charge in [0.25, 0.3) is 0 Å². The van der Waals surface area contributed by atoms with Gasteiger partial charge in [-0.25, -0.2) is 0 Å². The summed E-state index contributed by atoms with van der Waals surface area (Å²) in [5.41, 5.74) is 2.75. The largest absolute Gasteiger partial charge is 0.310 e. The van der Waals surface area contributed by atoms with Gasteiger partial charge in [-0.2, -0.15) is 0 Å².